The maximum Gasteiger partial charge on any atom is 0.270 e. The number of hydrogen-bond acceptors (Lipinski definition) is 6. The Bertz CT molecular complexity index is 800. The first-order valence-electron chi connectivity index (χ1n) is 8.23. The molecule has 2 aromatic rings. The number of amides is 1. The van der Waals surface area contributed by atoms with E-state index in [0.29, 0.717) is 24.5 Å². The van der Waals surface area contributed by atoms with Crippen LogP contribution >= 0.6 is 11.8 Å². The van der Waals surface area contributed by atoms with Crippen LogP contribution in [0.1, 0.15) is 10.4 Å². The highest BCUT2D eigenvalue weighted by molar-refractivity contribution is 7.99. The van der Waals surface area contributed by atoms with Gasteiger partial charge in [-0.05, 0) is 18.2 Å². The lowest BCUT2D eigenvalue weighted by molar-refractivity contribution is -0.384. The number of benzene rings is 2. The third kappa shape index (κ3) is 4.40. The molecule has 1 amide bonds. The van der Waals surface area contributed by atoms with Crippen LogP contribution in [0.2, 0.25) is 0 Å². The molecular weight excluding hydrogens is 354 g/mol. The number of nitrogens with one attached hydrogen (secondary N) is 2. The zero-order valence-corrected chi connectivity index (χ0v) is 14.7. The summed E-state index contributed by atoms with van der Waals surface area (Å²) >= 11 is 1.38. The molecule has 1 fully saturated rings. The molecular formula is C18H19N3O4S. The summed E-state index contributed by atoms with van der Waals surface area (Å²) in [6.45, 7) is 1.44. The molecule has 1 aliphatic rings. The lowest BCUT2D eigenvalue weighted by atomic mass is 10.1. The zero-order chi connectivity index (χ0) is 18.5. The van der Waals surface area contributed by atoms with Gasteiger partial charge in [-0.25, -0.2) is 0 Å². The molecule has 0 radical (unpaired) electrons. The number of β-amino-alcohol motifs (C(OH)–C–C–N with tert-alkyl or cyclic N) is 1. The molecule has 0 saturated carbocycles. The predicted molar refractivity (Wildman–Crippen MR) is 98.4 cm³/mol. The molecule has 0 spiro atoms. The van der Waals surface area contributed by atoms with Crippen LogP contribution in [-0.4, -0.2) is 41.7 Å². The Kier molecular flexibility index (Phi) is 5.87. The second-order valence-electron chi connectivity index (χ2n) is 6.05. The van der Waals surface area contributed by atoms with Crippen molar-refractivity contribution in [2.75, 3.05) is 19.6 Å². The van der Waals surface area contributed by atoms with Crippen molar-refractivity contribution in [3.63, 3.8) is 0 Å². The number of non-ortho nitro benzene ring substituents is 1. The smallest absolute Gasteiger partial charge is 0.270 e. The van der Waals surface area contributed by atoms with Gasteiger partial charge >= 0.3 is 0 Å². The Morgan fingerprint density at radius 1 is 1.27 bits per heavy atom. The third-order valence-electron chi connectivity index (χ3n) is 4.22. The van der Waals surface area contributed by atoms with Crippen molar-refractivity contribution in [1.82, 2.24) is 10.6 Å². The fraction of sp³-hybridized carbons (Fsp3) is 0.278. The Labute approximate surface area is 155 Å². The van der Waals surface area contributed by atoms with E-state index >= 15 is 0 Å². The number of nitro groups is 1. The Balaban J connectivity index is 1.80. The fourth-order valence-electron chi connectivity index (χ4n) is 2.76. The number of carbonyl (C=O) groups excluding carboxylic acids is 1. The summed E-state index contributed by atoms with van der Waals surface area (Å²) in [5.41, 5.74) is 0.128. The largest absolute Gasteiger partial charge is 0.391 e. The van der Waals surface area contributed by atoms with Crippen molar-refractivity contribution in [3.05, 3.63) is 64.2 Å². The minimum atomic E-state index is -0.515. The van der Waals surface area contributed by atoms with E-state index in [4.69, 9.17) is 0 Å². The lowest BCUT2D eigenvalue weighted by Gasteiger charge is -2.15. The van der Waals surface area contributed by atoms with E-state index in [1.807, 2.05) is 30.3 Å². The first kappa shape index (κ1) is 18.4. The summed E-state index contributed by atoms with van der Waals surface area (Å²) in [6, 6.07) is 13.8. The van der Waals surface area contributed by atoms with Crippen LogP contribution in [0.25, 0.3) is 0 Å². The van der Waals surface area contributed by atoms with Crippen molar-refractivity contribution >= 4 is 23.4 Å². The summed E-state index contributed by atoms with van der Waals surface area (Å²) in [5.74, 6) is -0.450. The van der Waals surface area contributed by atoms with Gasteiger partial charge in [-0.1, -0.05) is 30.0 Å². The maximum atomic E-state index is 12.6. The molecule has 3 N–H and O–H groups in total. The third-order valence-corrected chi connectivity index (χ3v) is 5.30. The lowest BCUT2D eigenvalue weighted by Crippen LogP contribution is -2.34. The van der Waals surface area contributed by atoms with Gasteiger partial charge in [0.15, 0.2) is 0 Å². The molecule has 2 unspecified atom stereocenters. The van der Waals surface area contributed by atoms with E-state index in [-0.39, 0.29) is 23.1 Å². The minimum absolute atomic E-state index is 0.0668. The summed E-state index contributed by atoms with van der Waals surface area (Å²) in [6.07, 6.45) is -0.501. The van der Waals surface area contributed by atoms with Gasteiger partial charge in [0.05, 0.1) is 16.6 Å². The number of nitrogens with zero attached hydrogens (tertiary/aromatic N) is 1. The summed E-state index contributed by atoms with van der Waals surface area (Å²) in [7, 11) is 0. The van der Waals surface area contributed by atoms with Gasteiger partial charge in [0.2, 0.25) is 0 Å². The maximum absolute atomic E-state index is 12.6. The number of hydrogen-bond donors (Lipinski definition) is 3. The van der Waals surface area contributed by atoms with Crippen molar-refractivity contribution in [1.29, 1.82) is 0 Å². The molecule has 2 atom stereocenters. The number of carbonyl (C=O) groups is 1. The van der Waals surface area contributed by atoms with E-state index in [1.54, 1.807) is 6.07 Å². The van der Waals surface area contributed by atoms with E-state index in [0.717, 1.165) is 4.90 Å². The van der Waals surface area contributed by atoms with E-state index in [9.17, 15) is 20.0 Å². The number of nitro benzene ring substituents is 1. The topological polar surface area (TPSA) is 104 Å². The molecule has 8 heteroatoms. The molecule has 0 bridgehead atoms. The predicted octanol–water partition coefficient (Wildman–Crippen LogP) is 2.06. The highest BCUT2D eigenvalue weighted by atomic mass is 32.2. The van der Waals surface area contributed by atoms with E-state index < -0.39 is 11.0 Å². The van der Waals surface area contributed by atoms with Gasteiger partial charge in [-0.3, -0.25) is 14.9 Å². The highest BCUT2D eigenvalue weighted by Crippen LogP contribution is 2.32. The standard InChI is InChI=1S/C18H19N3O4S/c22-16-11-19-9-12(16)10-20-18(23)15-8-13(21(24)25)6-7-17(15)26-14-4-2-1-3-5-14/h1-8,12,16,19,22H,9-11H2,(H,20,23). The van der Waals surface area contributed by atoms with Crippen molar-refractivity contribution in [3.8, 4) is 0 Å². The van der Waals surface area contributed by atoms with Crippen LogP contribution < -0.4 is 10.6 Å². The molecule has 1 heterocycles. The molecule has 1 aliphatic heterocycles. The highest BCUT2D eigenvalue weighted by Gasteiger charge is 2.26. The van der Waals surface area contributed by atoms with Gasteiger partial charge in [-0.15, -0.1) is 0 Å². The molecule has 1 saturated heterocycles. The molecule has 2 aromatic carbocycles. The molecule has 136 valence electrons. The summed E-state index contributed by atoms with van der Waals surface area (Å²) < 4.78 is 0. The van der Waals surface area contributed by atoms with Crippen LogP contribution in [-0.2, 0) is 0 Å². The molecule has 26 heavy (non-hydrogen) atoms. The van der Waals surface area contributed by atoms with Gasteiger partial charge in [0, 0.05) is 47.5 Å². The van der Waals surface area contributed by atoms with Crippen LogP contribution in [0.5, 0.6) is 0 Å². The number of aliphatic hydroxyl groups excluding tert-OH is 1. The normalized spacial score (nSPS) is 19.3. The van der Waals surface area contributed by atoms with Crippen molar-refractivity contribution < 1.29 is 14.8 Å². The Hall–Kier alpha value is -2.42. The van der Waals surface area contributed by atoms with Crippen LogP contribution in [0.15, 0.2) is 58.3 Å². The van der Waals surface area contributed by atoms with Crippen molar-refractivity contribution in [2.24, 2.45) is 5.92 Å². The number of aliphatic hydroxyl groups is 1. The minimum Gasteiger partial charge on any atom is -0.391 e. The summed E-state index contributed by atoms with van der Waals surface area (Å²) in [5, 5.41) is 26.8. The second kappa shape index (κ2) is 8.31. The molecule has 7 nitrogen and oxygen atoms in total. The second-order valence-corrected chi connectivity index (χ2v) is 7.16. The van der Waals surface area contributed by atoms with Gasteiger partial charge < -0.3 is 15.7 Å². The SMILES string of the molecule is O=C(NCC1CNCC1O)c1cc([N+](=O)[O-])ccc1Sc1ccccc1. The summed E-state index contributed by atoms with van der Waals surface area (Å²) in [4.78, 5) is 24.8. The molecule has 0 aliphatic carbocycles. The quantitative estimate of drug-likeness (QED) is 0.529. The first-order chi connectivity index (χ1) is 12.5. The first-order valence-corrected chi connectivity index (χ1v) is 9.04. The van der Waals surface area contributed by atoms with Gasteiger partial charge in [-0.2, -0.15) is 0 Å². The van der Waals surface area contributed by atoms with Gasteiger partial charge in [0.25, 0.3) is 11.6 Å². The van der Waals surface area contributed by atoms with Crippen LogP contribution in [0, 0.1) is 16.0 Å². The number of rotatable bonds is 6. The monoisotopic (exact) mass is 373 g/mol. The molecule has 3 rings (SSSR count). The zero-order valence-electron chi connectivity index (χ0n) is 13.9. The molecule has 0 aromatic heterocycles. The van der Waals surface area contributed by atoms with Crippen LogP contribution in [0.3, 0.4) is 0 Å². The van der Waals surface area contributed by atoms with Gasteiger partial charge in [0.1, 0.15) is 0 Å². The average molecular weight is 373 g/mol. The fourth-order valence-corrected chi connectivity index (χ4v) is 3.70. The van der Waals surface area contributed by atoms with Crippen molar-refractivity contribution in [2.45, 2.75) is 15.9 Å². The Morgan fingerprint density at radius 2 is 2.04 bits per heavy atom. The Morgan fingerprint density at radius 3 is 2.69 bits per heavy atom. The average Bonchev–Trinajstić information content (AvgIpc) is 3.05. The van der Waals surface area contributed by atoms with Crippen LogP contribution in [0.4, 0.5) is 5.69 Å². The van der Waals surface area contributed by atoms with E-state index in [1.165, 1.54) is 23.9 Å². The van der Waals surface area contributed by atoms with E-state index in [2.05, 4.69) is 10.6 Å².